The van der Waals surface area contributed by atoms with Gasteiger partial charge in [-0.3, -0.25) is 4.79 Å². The maximum absolute atomic E-state index is 12.9. The summed E-state index contributed by atoms with van der Waals surface area (Å²) in [6.07, 6.45) is 1.72. The van der Waals surface area contributed by atoms with E-state index in [-0.39, 0.29) is 17.5 Å². The molecule has 0 radical (unpaired) electrons. The molecule has 1 aromatic carbocycles. The van der Waals surface area contributed by atoms with Crippen molar-refractivity contribution in [2.75, 3.05) is 18.6 Å². The molecule has 0 bridgehead atoms. The number of fused-ring (bicyclic) bond motifs is 1. The Kier molecular flexibility index (Phi) is 7.03. The van der Waals surface area contributed by atoms with Gasteiger partial charge < -0.3 is 19.7 Å². The molecule has 1 aromatic heterocycles. The Morgan fingerprint density at radius 1 is 1.25 bits per heavy atom. The van der Waals surface area contributed by atoms with E-state index in [9.17, 15) is 14.4 Å². The summed E-state index contributed by atoms with van der Waals surface area (Å²) in [6, 6.07) is 8.00. The van der Waals surface area contributed by atoms with Crippen LogP contribution >= 0.6 is 11.6 Å². The van der Waals surface area contributed by atoms with Crippen LogP contribution in [0.1, 0.15) is 42.3 Å². The lowest BCUT2D eigenvalue weighted by atomic mass is 10.0. The van der Waals surface area contributed by atoms with E-state index in [4.69, 9.17) is 21.1 Å². The van der Waals surface area contributed by atoms with Gasteiger partial charge in [0.1, 0.15) is 16.8 Å². The Morgan fingerprint density at radius 2 is 2.00 bits per heavy atom. The van der Waals surface area contributed by atoms with Crippen LogP contribution in [-0.2, 0) is 27.1 Å². The van der Waals surface area contributed by atoms with Gasteiger partial charge in [0.05, 0.1) is 12.7 Å². The molecule has 0 aliphatic carbocycles. The molecule has 2 amide bonds. The molecule has 1 N–H and O–H groups in total. The Morgan fingerprint density at radius 3 is 2.66 bits per heavy atom. The van der Waals surface area contributed by atoms with Crippen molar-refractivity contribution in [2.24, 2.45) is 0 Å². The van der Waals surface area contributed by atoms with E-state index >= 15 is 0 Å². The Balaban J connectivity index is 1.76. The lowest BCUT2D eigenvalue weighted by Gasteiger charge is -2.23. The van der Waals surface area contributed by atoms with Gasteiger partial charge in [-0.25, -0.2) is 14.6 Å². The first-order valence-corrected chi connectivity index (χ1v) is 10.6. The Bertz CT molecular complexity index is 1030. The largest absolute Gasteiger partial charge is 0.467 e. The number of aromatic nitrogens is 1. The zero-order chi connectivity index (χ0) is 23.5. The summed E-state index contributed by atoms with van der Waals surface area (Å²) in [5.41, 5.74) is 2.23. The van der Waals surface area contributed by atoms with E-state index in [0.29, 0.717) is 18.5 Å². The van der Waals surface area contributed by atoms with Crippen molar-refractivity contribution in [1.82, 2.24) is 10.3 Å². The van der Waals surface area contributed by atoms with Crippen molar-refractivity contribution in [2.45, 2.75) is 45.3 Å². The first kappa shape index (κ1) is 23.5. The number of carbonyl (C=O) groups excluding carboxylic acids is 3. The Labute approximate surface area is 191 Å². The average molecular weight is 460 g/mol. The molecule has 2 aromatic rings. The smallest absolute Gasteiger partial charge is 0.408 e. The number of benzene rings is 1. The topological polar surface area (TPSA) is 97.8 Å². The zero-order valence-electron chi connectivity index (χ0n) is 18.5. The lowest BCUT2D eigenvalue weighted by Crippen LogP contribution is -2.45. The molecule has 1 unspecified atom stereocenters. The predicted molar refractivity (Wildman–Crippen MR) is 120 cm³/mol. The SMILES string of the molecule is COC(=O)C(Cc1ccc2c(c1)CCN2C(=O)c1cccnc1Cl)NC(=O)OC(C)(C)C. The van der Waals surface area contributed by atoms with Crippen LogP contribution in [0.4, 0.5) is 10.5 Å². The number of methoxy groups -OCH3 is 1. The van der Waals surface area contributed by atoms with E-state index in [1.807, 2.05) is 18.2 Å². The number of esters is 1. The quantitative estimate of drug-likeness (QED) is 0.542. The lowest BCUT2D eigenvalue weighted by molar-refractivity contribution is -0.143. The number of nitrogens with zero attached hydrogens (tertiary/aromatic N) is 2. The van der Waals surface area contributed by atoms with E-state index in [0.717, 1.165) is 16.8 Å². The summed E-state index contributed by atoms with van der Waals surface area (Å²) < 4.78 is 10.1. The molecule has 170 valence electrons. The summed E-state index contributed by atoms with van der Waals surface area (Å²) in [5, 5.41) is 2.74. The predicted octanol–water partition coefficient (Wildman–Crippen LogP) is 3.55. The van der Waals surface area contributed by atoms with Crippen molar-refractivity contribution < 1.29 is 23.9 Å². The molecular weight excluding hydrogens is 434 g/mol. The van der Waals surface area contributed by atoms with Crippen LogP contribution in [0.2, 0.25) is 5.15 Å². The van der Waals surface area contributed by atoms with Crippen LogP contribution in [0, 0.1) is 0 Å². The monoisotopic (exact) mass is 459 g/mol. The van der Waals surface area contributed by atoms with Crippen molar-refractivity contribution in [3.63, 3.8) is 0 Å². The van der Waals surface area contributed by atoms with E-state index in [2.05, 4.69) is 10.3 Å². The van der Waals surface area contributed by atoms with Crippen LogP contribution in [-0.4, -0.2) is 48.3 Å². The average Bonchev–Trinajstić information content (AvgIpc) is 3.14. The number of amides is 2. The van der Waals surface area contributed by atoms with Gasteiger partial charge in [0.2, 0.25) is 0 Å². The summed E-state index contributed by atoms with van der Waals surface area (Å²) in [5.74, 6) is -0.784. The molecule has 9 heteroatoms. The molecule has 8 nitrogen and oxygen atoms in total. The number of nitrogens with one attached hydrogen (secondary N) is 1. The molecule has 0 saturated carbocycles. The van der Waals surface area contributed by atoms with Gasteiger partial charge in [0.15, 0.2) is 0 Å². The number of pyridine rings is 1. The minimum Gasteiger partial charge on any atom is -0.467 e. The van der Waals surface area contributed by atoms with Gasteiger partial charge in [-0.15, -0.1) is 0 Å². The standard InChI is InChI=1S/C23H26ClN3O5/c1-23(2,3)32-22(30)26-17(21(29)31-4)13-14-7-8-18-15(12-14)9-11-27(18)20(28)16-6-5-10-25-19(16)24/h5-8,10,12,17H,9,11,13H2,1-4H3,(H,26,30). The van der Waals surface area contributed by atoms with Gasteiger partial charge in [-0.2, -0.15) is 0 Å². The summed E-state index contributed by atoms with van der Waals surface area (Å²) in [4.78, 5) is 42.9. The maximum Gasteiger partial charge on any atom is 0.408 e. The van der Waals surface area contributed by atoms with Crippen molar-refractivity contribution in [3.8, 4) is 0 Å². The van der Waals surface area contributed by atoms with Gasteiger partial charge in [0, 0.05) is 24.8 Å². The minimum absolute atomic E-state index is 0.164. The van der Waals surface area contributed by atoms with Crippen LogP contribution in [0.15, 0.2) is 36.5 Å². The molecule has 1 atom stereocenters. The number of anilines is 1. The number of hydrogen-bond donors (Lipinski definition) is 1. The fraction of sp³-hybridized carbons (Fsp3) is 0.391. The third kappa shape index (κ3) is 5.56. The third-order valence-electron chi connectivity index (χ3n) is 4.89. The highest BCUT2D eigenvalue weighted by molar-refractivity contribution is 6.33. The zero-order valence-corrected chi connectivity index (χ0v) is 19.2. The van der Waals surface area contributed by atoms with Gasteiger partial charge in [0.25, 0.3) is 5.91 Å². The first-order chi connectivity index (χ1) is 15.1. The number of carbonyl (C=O) groups is 3. The molecule has 0 spiro atoms. The minimum atomic E-state index is -0.902. The highest BCUT2D eigenvalue weighted by Gasteiger charge is 2.29. The second kappa shape index (κ2) is 9.56. The number of ether oxygens (including phenoxy) is 2. The fourth-order valence-electron chi connectivity index (χ4n) is 3.51. The molecule has 32 heavy (non-hydrogen) atoms. The van der Waals surface area contributed by atoms with Crippen molar-refractivity contribution in [3.05, 3.63) is 58.4 Å². The molecule has 1 aliphatic rings. The van der Waals surface area contributed by atoms with E-state index in [1.54, 1.807) is 37.8 Å². The van der Waals surface area contributed by atoms with Crippen LogP contribution in [0.3, 0.4) is 0 Å². The third-order valence-corrected chi connectivity index (χ3v) is 5.19. The normalized spacial score (nSPS) is 13.8. The number of hydrogen-bond acceptors (Lipinski definition) is 6. The number of alkyl carbamates (subject to hydrolysis) is 1. The first-order valence-electron chi connectivity index (χ1n) is 10.2. The van der Waals surface area contributed by atoms with Gasteiger partial charge >= 0.3 is 12.1 Å². The molecule has 1 aliphatic heterocycles. The van der Waals surface area contributed by atoms with Crippen molar-refractivity contribution >= 4 is 35.3 Å². The van der Waals surface area contributed by atoms with E-state index < -0.39 is 23.7 Å². The number of rotatable bonds is 5. The van der Waals surface area contributed by atoms with Crippen LogP contribution in [0.25, 0.3) is 0 Å². The van der Waals surface area contributed by atoms with Gasteiger partial charge in [-0.05, 0) is 56.5 Å². The van der Waals surface area contributed by atoms with Gasteiger partial charge in [-0.1, -0.05) is 23.7 Å². The number of halogens is 1. The summed E-state index contributed by atoms with van der Waals surface area (Å²) in [7, 11) is 1.27. The van der Waals surface area contributed by atoms with Crippen LogP contribution in [0.5, 0.6) is 0 Å². The molecule has 0 saturated heterocycles. The molecular formula is C23H26ClN3O5. The summed E-state index contributed by atoms with van der Waals surface area (Å²) in [6.45, 7) is 5.74. The van der Waals surface area contributed by atoms with E-state index in [1.165, 1.54) is 13.3 Å². The summed E-state index contributed by atoms with van der Waals surface area (Å²) >= 11 is 6.08. The second-order valence-electron chi connectivity index (χ2n) is 8.44. The Hall–Kier alpha value is -3.13. The second-order valence-corrected chi connectivity index (χ2v) is 8.80. The molecule has 2 heterocycles. The molecule has 3 rings (SSSR count). The highest BCUT2D eigenvalue weighted by atomic mass is 35.5. The van der Waals surface area contributed by atoms with Crippen molar-refractivity contribution in [1.29, 1.82) is 0 Å². The fourth-order valence-corrected chi connectivity index (χ4v) is 3.71. The maximum atomic E-state index is 12.9. The van der Waals surface area contributed by atoms with Crippen LogP contribution < -0.4 is 10.2 Å². The molecule has 0 fully saturated rings. The highest BCUT2D eigenvalue weighted by Crippen LogP contribution is 2.31.